The molecule has 2 rings (SSSR count). The van der Waals surface area contributed by atoms with Crippen LogP contribution >= 0.6 is 0 Å². The van der Waals surface area contributed by atoms with Crippen LogP contribution in [0.2, 0.25) is 0 Å². The lowest BCUT2D eigenvalue weighted by atomic mass is 10.1. The number of benzene rings is 2. The van der Waals surface area contributed by atoms with Crippen molar-refractivity contribution in [1.29, 1.82) is 0 Å². The van der Waals surface area contributed by atoms with Crippen molar-refractivity contribution in [2.24, 2.45) is 0 Å². The van der Waals surface area contributed by atoms with Gasteiger partial charge in [-0.3, -0.25) is 4.79 Å². The predicted octanol–water partition coefficient (Wildman–Crippen LogP) is 3.36. The lowest BCUT2D eigenvalue weighted by Gasteiger charge is -2.06. The number of aldehydes is 1. The zero-order valence-corrected chi connectivity index (χ0v) is 9.40. The molecule has 0 spiro atoms. The SMILES string of the molecule is O=Cc1cccc(COc2ccc(F)c(F)c2)c1. The summed E-state index contributed by atoms with van der Waals surface area (Å²) in [6, 6.07) is 10.2. The highest BCUT2D eigenvalue weighted by molar-refractivity contribution is 5.74. The molecule has 0 fully saturated rings. The van der Waals surface area contributed by atoms with E-state index in [0.717, 1.165) is 24.0 Å². The van der Waals surface area contributed by atoms with Crippen LogP contribution in [0.25, 0.3) is 0 Å². The summed E-state index contributed by atoms with van der Waals surface area (Å²) in [6.07, 6.45) is 0.737. The van der Waals surface area contributed by atoms with Gasteiger partial charge in [-0.2, -0.15) is 0 Å². The van der Waals surface area contributed by atoms with Crippen molar-refractivity contribution < 1.29 is 18.3 Å². The number of ether oxygens (including phenoxy) is 1. The van der Waals surface area contributed by atoms with Crippen LogP contribution in [0.15, 0.2) is 42.5 Å². The summed E-state index contributed by atoms with van der Waals surface area (Å²) in [5, 5.41) is 0. The molecule has 0 heterocycles. The van der Waals surface area contributed by atoms with Gasteiger partial charge in [0.15, 0.2) is 11.6 Å². The van der Waals surface area contributed by atoms with Crippen LogP contribution in [0.5, 0.6) is 5.75 Å². The highest BCUT2D eigenvalue weighted by Crippen LogP contribution is 2.17. The number of rotatable bonds is 4. The van der Waals surface area contributed by atoms with E-state index < -0.39 is 11.6 Å². The molecule has 92 valence electrons. The average Bonchev–Trinajstić information content (AvgIpc) is 2.40. The smallest absolute Gasteiger partial charge is 0.162 e. The second-order valence-electron chi connectivity index (χ2n) is 3.73. The Morgan fingerprint density at radius 3 is 2.61 bits per heavy atom. The summed E-state index contributed by atoms with van der Waals surface area (Å²) >= 11 is 0. The monoisotopic (exact) mass is 248 g/mol. The Bertz CT molecular complexity index is 567. The predicted molar refractivity (Wildman–Crippen MR) is 62.5 cm³/mol. The fraction of sp³-hybridized carbons (Fsp3) is 0.0714. The fourth-order valence-electron chi connectivity index (χ4n) is 1.49. The second-order valence-corrected chi connectivity index (χ2v) is 3.73. The third-order valence-electron chi connectivity index (χ3n) is 2.38. The molecule has 0 atom stereocenters. The van der Waals surface area contributed by atoms with Crippen molar-refractivity contribution in [3.05, 3.63) is 65.2 Å². The first-order valence-corrected chi connectivity index (χ1v) is 5.31. The molecule has 0 bridgehead atoms. The van der Waals surface area contributed by atoms with Crippen molar-refractivity contribution >= 4 is 6.29 Å². The van der Waals surface area contributed by atoms with E-state index in [-0.39, 0.29) is 12.4 Å². The zero-order chi connectivity index (χ0) is 13.0. The van der Waals surface area contributed by atoms with Crippen molar-refractivity contribution in [3.63, 3.8) is 0 Å². The van der Waals surface area contributed by atoms with Crippen LogP contribution in [-0.2, 0) is 6.61 Å². The van der Waals surface area contributed by atoms with Crippen molar-refractivity contribution in [2.75, 3.05) is 0 Å². The maximum Gasteiger partial charge on any atom is 0.162 e. The molecule has 2 aromatic carbocycles. The van der Waals surface area contributed by atoms with E-state index in [1.807, 2.05) is 0 Å². The van der Waals surface area contributed by atoms with Crippen LogP contribution in [0.4, 0.5) is 8.78 Å². The highest BCUT2D eigenvalue weighted by atomic mass is 19.2. The van der Waals surface area contributed by atoms with Crippen molar-refractivity contribution in [1.82, 2.24) is 0 Å². The van der Waals surface area contributed by atoms with Crippen LogP contribution in [-0.4, -0.2) is 6.29 Å². The molecule has 0 aliphatic rings. The summed E-state index contributed by atoms with van der Waals surface area (Å²) in [5.74, 6) is -1.62. The highest BCUT2D eigenvalue weighted by Gasteiger charge is 2.03. The first kappa shape index (κ1) is 12.2. The first-order valence-electron chi connectivity index (χ1n) is 5.31. The zero-order valence-electron chi connectivity index (χ0n) is 9.40. The molecule has 0 radical (unpaired) electrons. The van der Waals surface area contributed by atoms with E-state index in [4.69, 9.17) is 4.74 Å². The van der Waals surface area contributed by atoms with Gasteiger partial charge >= 0.3 is 0 Å². The van der Waals surface area contributed by atoms with Gasteiger partial charge in [-0.25, -0.2) is 8.78 Å². The first-order chi connectivity index (χ1) is 8.69. The third-order valence-corrected chi connectivity index (χ3v) is 2.38. The molecular formula is C14H10F2O2. The van der Waals surface area contributed by atoms with Crippen LogP contribution < -0.4 is 4.74 Å². The van der Waals surface area contributed by atoms with E-state index in [1.54, 1.807) is 24.3 Å². The Morgan fingerprint density at radius 2 is 1.89 bits per heavy atom. The summed E-state index contributed by atoms with van der Waals surface area (Å²) in [7, 11) is 0. The number of carbonyl (C=O) groups excluding carboxylic acids is 1. The molecule has 4 heteroatoms. The van der Waals surface area contributed by atoms with Crippen LogP contribution in [0.1, 0.15) is 15.9 Å². The number of hydrogen-bond acceptors (Lipinski definition) is 2. The van der Waals surface area contributed by atoms with Gasteiger partial charge in [-0.05, 0) is 23.8 Å². The fourth-order valence-corrected chi connectivity index (χ4v) is 1.49. The summed E-state index contributed by atoms with van der Waals surface area (Å²) in [5.41, 5.74) is 1.32. The minimum absolute atomic E-state index is 0.187. The normalized spacial score (nSPS) is 10.1. The van der Waals surface area contributed by atoms with Crippen molar-refractivity contribution in [3.8, 4) is 5.75 Å². The average molecular weight is 248 g/mol. The molecule has 0 saturated carbocycles. The van der Waals surface area contributed by atoms with Crippen LogP contribution in [0.3, 0.4) is 0 Å². The third kappa shape index (κ3) is 2.91. The maximum absolute atomic E-state index is 12.9. The molecule has 0 amide bonds. The lowest BCUT2D eigenvalue weighted by Crippen LogP contribution is -1.97. The standard InChI is InChI=1S/C14H10F2O2/c15-13-5-4-12(7-14(13)16)18-9-11-3-1-2-10(6-11)8-17/h1-8H,9H2. The molecule has 18 heavy (non-hydrogen) atoms. The molecule has 0 unspecified atom stereocenters. The largest absolute Gasteiger partial charge is 0.489 e. The minimum Gasteiger partial charge on any atom is -0.489 e. The van der Waals surface area contributed by atoms with Gasteiger partial charge in [0.05, 0.1) is 0 Å². The molecule has 2 nitrogen and oxygen atoms in total. The Kier molecular flexibility index (Phi) is 3.67. The Morgan fingerprint density at radius 1 is 1.06 bits per heavy atom. The molecule has 0 N–H and O–H groups in total. The van der Waals surface area contributed by atoms with Gasteiger partial charge in [-0.15, -0.1) is 0 Å². The molecular weight excluding hydrogens is 238 g/mol. The van der Waals surface area contributed by atoms with Gasteiger partial charge in [-0.1, -0.05) is 18.2 Å². The summed E-state index contributed by atoms with van der Waals surface area (Å²) in [4.78, 5) is 10.6. The maximum atomic E-state index is 12.9. The van der Waals surface area contributed by atoms with E-state index >= 15 is 0 Å². The van der Waals surface area contributed by atoms with Gasteiger partial charge < -0.3 is 4.74 Å². The summed E-state index contributed by atoms with van der Waals surface area (Å²) < 4.78 is 30.9. The summed E-state index contributed by atoms with van der Waals surface area (Å²) in [6.45, 7) is 0.187. The lowest BCUT2D eigenvalue weighted by molar-refractivity contribution is 0.112. The molecule has 0 aliphatic carbocycles. The van der Waals surface area contributed by atoms with E-state index in [0.29, 0.717) is 5.56 Å². The number of halogens is 2. The van der Waals surface area contributed by atoms with Gasteiger partial charge in [0.25, 0.3) is 0 Å². The second kappa shape index (κ2) is 5.40. The topological polar surface area (TPSA) is 26.3 Å². The van der Waals surface area contributed by atoms with Gasteiger partial charge in [0, 0.05) is 11.6 Å². The molecule has 0 aromatic heterocycles. The quantitative estimate of drug-likeness (QED) is 0.775. The number of carbonyl (C=O) groups is 1. The Balaban J connectivity index is 2.06. The Hall–Kier alpha value is -2.23. The van der Waals surface area contributed by atoms with Crippen molar-refractivity contribution in [2.45, 2.75) is 6.61 Å². The molecule has 2 aromatic rings. The van der Waals surface area contributed by atoms with Gasteiger partial charge in [0.1, 0.15) is 18.6 Å². The van der Waals surface area contributed by atoms with E-state index in [1.165, 1.54) is 6.07 Å². The molecule has 0 aliphatic heterocycles. The number of hydrogen-bond donors (Lipinski definition) is 0. The minimum atomic E-state index is -0.950. The van der Waals surface area contributed by atoms with Crippen LogP contribution in [0, 0.1) is 11.6 Å². The molecule has 0 saturated heterocycles. The Labute approximate surface area is 103 Å². The van der Waals surface area contributed by atoms with E-state index in [9.17, 15) is 13.6 Å². The van der Waals surface area contributed by atoms with Gasteiger partial charge in [0.2, 0.25) is 0 Å². The van der Waals surface area contributed by atoms with E-state index in [2.05, 4.69) is 0 Å².